The number of benzene rings is 7. The van der Waals surface area contributed by atoms with Gasteiger partial charge in [0.25, 0.3) is 0 Å². The lowest BCUT2D eigenvalue weighted by Gasteiger charge is -2.26. The summed E-state index contributed by atoms with van der Waals surface area (Å²) < 4.78 is 0. The summed E-state index contributed by atoms with van der Waals surface area (Å²) in [5, 5.41) is 18.5. The van der Waals surface area contributed by atoms with Gasteiger partial charge in [-0.1, -0.05) is 78.9 Å². The molecule has 0 spiro atoms. The highest BCUT2D eigenvalue weighted by atomic mass is 16.4. The lowest BCUT2D eigenvalue weighted by Crippen LogP contribution is -2.10. The average Bonchev–Trinajstić information content (AvgIpc) is 3.74. The number of aliphatic carboxylic acids is 1. The van der Waals surface area contributed by atoms with Crippen LogP contribution >= 0.6 is 0 Å². The second kappa shape index (κ2) is 13.2. The quantitative estimate of drug-likeness (QED) is 0.128. The molecule has 0 aromatic heterocycles. The van der Waals surface area contributed by atoms with Crippen molar-refractivity contribution in [3.8, 4) is 28.3 Å². The molecule has 0 saturated heterocycles. The molecular formula is C48H33N3O2. The van der Waals surface area contributed by atoms with Crippen molar-refractivity contribution in [1.29, 1.82) is 5.26 Å². The molecule has 0 saturated carbocycles. The zero-order valence-corrected chi connectivity index (χ0v) is 28.8. The average molecular weight is 684 g/mol. The molecule has 5 heteroatoms. The molecule has 0 heterocycles. The van der Waals surface area contributed by atoms with E-state index in [2.05, 4.69) is 131 Å². The van der Waals surface area contributed by atoms with E-state index in [0.717, 1.165) is 47.0 Å². The number of para-hydroxylation sites is 3. The third kappa shape index (κ3) is 5.83. The van der Waals surface area contributed by atoms with E-state index in [4.69, 9.17) is 0 Å². The van der Waals surface area contributed by atoms with Gasteiger partial charge in [-0.25, -0.2) is 4.79 Å². The van der Waals surface area contributed by atoms with Crippen molar-refractivity contribution in [3.05, 3.63) is 197 Å². The van der Waals surface area contributed by atoms with Crippen LogP contribution in [0, 0.1) is 11.3 Å². The number of carboxylic acid groups (broad SMARTS) is 1. The Labute approximate surface area is 308 Å². The SMILES string of the molecule is N#CC(=Cc1ccc(N(c2ccccc2)c2ccc3c(c2)Cc2cc4c(cc2-3)Cc2cc(N(c3ccccc3)c3ccccc3)ccc2-4)cc1)C(=O)O. The van der Waals surface area contributed by atoms with Crippen LogP contribution < -0.4 is 9.80 Å². The van der Waals surface area contributed by atoms with E-state index >= 15 is 0 Å². The van der Waals surface area contributed by atoms with E-state index in [-0.39, 0.29) is 5.57 Å². The zero-order valence-electron chi connectivity index (χ0n) is 28.8. The summed E-state index contributed by atoms with van der Waals surface area (Å²) in [6.07, 6.45) is 3.14. The molecule has 1 N–H and O–H groups in total. The summed E-state index contributed by atoms with van der Waals surface area (Å²) in [5.41, 5.74) is 17.3. The number of hydrogen-bond donors (Lipinski definition) is 1. The molecular weight excluding hydrogens is 651 g/mol. The molecule has 5 nitrogen and oxygen atoms in total. The number of nitrogens with zero attached hydrogens (tertiary/aromatic N) is 3. The van der Waals surface area contributed by atoms with Crippen molar-refractivity contribution in [2.75, 3.05) is 9.80 Å². The van der Waals surface area contributed by atoms with Crippen molar-refractivity contribution in [3.63, 3.8) is 0 Å². The molecule has 7 aromatic carbocycles. The molecule has 0 atom stereocenters. The lowest BCUT2D eigenvalue weighted by atomic mass is 9.98. The number of anilines is 6. The van der Waals surface area contributed by atoms with Crippen LogP contribution in [0.25, 0.3) is 28.3 Å². The Balaban J connectivity index is 1.03. The summed E-state index contributed by atoms with van der Waals surface area (Å²) in [6, 6.07) is 59.1. The summed E-state index contributed by atoms with van der Waals surface area (Å²) >= 11 is 0. The van der Waals surface area contributed by atoms with Crippen molar-refractivity contribution in [2.24, 2.45) is 0 Å². The van der Waals surface area contributed by atoms with Gasteiger partial charge in [0.2, 0.25) is 0 Å². The number of rotatable bonds is 8. The summed E-state index contributed by atoms with van der Waals surface area (Å²) in [6.45, 7) is 0. The smallest absolute Gasteiger partial charge is 0.346 e. The van der Waals surface area contributed by atoms with E-state index < -0.39 is 5.97 Å². The van der Waals surface area contributed by atoms with Gasteiger partial charge in [-0.2, -0.15) is 5.26 Å². The topological polar surface area (TPSA) is 67.6 Å². The highest BCUT2D eigenvalue weighted by molar-refractivity contribution is 5.96. The fourth-order valence-electron chi connectivity index (χ4n) is 7.80. The Morgan fingerprint density at radius 3 is 1.26 bits per heavy atom. The fourth-order valence-corrected chi connectivity index (χ4v) is 7.80. The molecule has 53 heavy (non-hydrogen) atoms. The molecule has 0 bridgehead atoms. The van der Waals surface area contributed by atoms with Gasteiger partial charge >= 0.3 is 5.97 Å². The van der Waals surface area contributed by atoms with Crippen LogP contribution in [-0.2, 0) is 17.6 Å². The first-order valence-corrected chi connectivity index (χ1v) is 17.7. The van der Waals surface area contributed by atoms with Gasteiger partial charge in [-0.15, -0.1) is 0 Å². The predicted molar refractivity (Wildman–Crippen MR) is 214 cm³/mol. The van der Waals surface area contributed by atoms with Crippen molar-refractivity contribution >= 4 is 46.2 Å². The maximum Gasteiger partial charge on any atom is 0.346 e. The van der Waals surface area contributed by atoms with Crippen LogP contribution in [0.4, 0.5) is 34.1 Å². The van der Waals surface area contributed by atoms with Gasteiger partial charge in [0.1, 0.15) is 11.6 Å². The minimum Gasteiger partial charge on any atom is -0.477 e. The first kappa shape index (κ1) is 31.8. The van der Waals surface area contributed by atoms with E-state index in [1.165, 1.54) is 50.6 Å². The normalized spacial score (nSPS) is 12.2. The summed E-state index contributed by atoms with van der Waals surface area (Å²) in [4.78, 5) is 15.9. The number of carboxylic acids is 1. The Morgan fingerprint density at radius 2 is 0.868 bits per heavy atom. The van der Waals surface area contributed by atoms with Crippen molar-refractivity contribution in [2.45, 2.75) is 12.8 Å². The van der Waals surface area contributed by atoms with Crippen LogP contribution in [0.1, 0.15) is 27.8 Å². The molecule has 0 fully saturated rings. The lowest BCUT2D eigenvalue weighted by molar-refractivity contribution is -0.132. The van der Waals surface area contributed by atoms with E-state index in [1.807, 2.05) is 42.5 Å². The Morgan fingerprint density at radius 1 is 0.491 bits per heavy atom. The fraction of sp³-hybridized carbons (Fsp3) is 0.0417. The minimum absolute atomic E-state index is 0.298. The van der Waals surface area contributed by atoms with Gasteiger partial charge in [-0.3, -0.25) is 0 Å². The van der Waals surface area contributed by atoms with Gasteiger partial charge in [0.05, 0.1) is 0 Å². The van der Waals surface area contributed by atoms with Crippen molar-refractivity contribution < 1.29 is 9.90 Å². The Hall–Kier alpha value is -7.16. The van der Waals surface area contributed by atoms with Gasteiger partial charge in [-0.05, 0) is 154 Å². The van der Waals surface area contributed by atoms with Crippen LogP contribution in [0.5, 0.6) is 0 Å². The maximum atomic E-state index is 11.4. The molecule has 0 amide bonds. The Kier molecular flexibility index (Phi) is 7.91. The van der Waals surface area contributed by atoms with E-state index in [9.17, 15) is 15.2 Å². The van der Waals surface area contributed by atoms with Crippen LogP contribution in [-0.4, -0.2) is 11.1 Å². The third-order valence-corrected chi connectivity index (χ3v) is 10.2. The summed E-state index contributed by atoms with van der Waals surface area (Å²) in [5.74, 6) is -1.24. The number of nitriles is 1. The monoisotopic (exact) mass is 683 g/mol. The Bertz CT molecular complexity index is 2550. The van der Waals surface area contributed by atoms with Crippen molar-refractivity contribution in [1.82, 2.24) is 0 Å². The first-order chi connectivity index (χ1) is 26.0. The van der Waals surface area contributed by atoms with Crippen LogP contribution in [0.2, 0.25) is 0 Å². The standard InChI is InChI=1S/C48H33N3O2/c49-31-37(48(52)53)24-32-16-18-41(19-17-32)51(40-14-8-3-9-15-40)43-21-23-45-34(28-43)26-36-30-46-35(29-47(36)45)25-33-27-42(20-22-44(33)46)50(38-10-4-1-5-11-38)39-12-6-2-7-13-39/h1-24,27-30H,25-26H2,(H,52,53). The molecule has 7 aromatic rings. The molecule has 9 rings (SSSR count). The van der Waals surface area contributed by atoms with Crippen LogP contribution in [0.3, 0.4) is 0 Å². The molecule has 0 radical (unpaired) electrons. The number of carbonyl (C=O) groups is 1. The maximum absolute atomic E-state index is 11.4. The number of hydrogen-bond acceptors (Lipinski definition) is 4. The molecule has 0 aliphatic heterocycles. The molecule has 2 aliphatic carbocycles. The first-order valence-electron chi connectivity index (χ1n) is 17.7. The number of fused-ring (bicyclic) bond motifs is 6. The minimum atomic E-state index is -1.24. The molecule has 252 valence electrons. The molecule has 2 aliphatic rings. The second-order valence-electron chi connectivity index (χ2n) is 13.4. The third-order valence-electron chi connectivity index (χ3n) is 10.2. The van der Waals surface area contributed by atoms with E-state index in [0.29, 0.717) is 5.56 Å². The zero-order chi connectivity index (χ0) is 35.9. The van der Waals surface area contributed by atoms with Gasteiger partial charge in [0, 0.05) is 34.1 Å². The van der Waals surface area contributed by atoms with Gasteiger partial charge < -0.3 is 14.9 Å². The largest absolute Gasteiger partial charge is 0.477 e. The predicted octanol–water partition coefficient (Wildman–Crippen LogP) is 11.8. The highest BCUT2D eigenvalue weighted by Crippen LogP contribution is 2.48. The molecule has 0 unspecified atom stereocenters. The second-order valence-corrected chi connectivity index (χ2v) is 13.4. The van der Waals surface area contributed by atoms with Gasteiger partial charge in [0.15, 0.2) is 0 Å². The summed E-state index contributed by atoms with van der Waals surface area (Å²) in [7, 11) is 0. The van der Waals surface area contributed by atoms with E-state index in [1.54, 1.807) is 6.07 Å². The van der Waals surface area contributed by atoms with Crippen LogP contribution in [0.15, 0.2) is 169 Å². The highest BCUT2D eigenvalue weighted by Gasteiger charge is 2.27.